The van der Waals surface area contributed by atoms with Crippen LogP contribution >= 0.6 is 0 Å². The minimum atomic E-state index is -1.47. The summed E-state index contributed by atoms with van der Waals surface area (Å²) in [6, 6.07) is 11.8. The van der Waals surface area contributed by atoms with Crippen molar-refractivity contribution in [2.45, 2.75) is 38.0 Å². The lowest BCUT2D eigenvalue weighted by molar-refractivity contribution is 0.0978. The largest absolute Gasteiger partial charge is 0.384 e. The maximum Gasteiger partial charge on any atom is 0.281 e. The Morgan fingerprint density at radius 2 is 1.91 bits per heavy atom. The van der Waals surface area contributed by atoms with Gasteiger partial charge in [-0.1, -0.05) is 24.6 Å². The molecular weight excluding hydrogens is 450 g/mol. The molecule has 1 amide bonds. The zero-order valence-electron chi connectivity index (χ0n) is 19.7. The van der Waals surface area contributed by atoms with Crippen molar-refractivity contribution in [3.05, 3.63) is 47.8 Å². The molecule has 0 bridgehead atoms. The topological polar surface area (TPSA) is 89.3 Å². The van der Waals surface area contributed by atoms with Crippen molar-refractivity contribution in [2.24, 2.45) is 5.92 Å². The molecule has 5 rings (SSSR count). The molecule has 1 unspecified atom stereocenters. The molecular formula is C25H31N5O3S. The number of ether oxygens (including phenoxy) is 1. The third-order valence-corrected chi connectivity index (χ3v) is 7.44. The minimum Gasteiger partial charge on any atom is -0.384 e. The Labute approximate surface area is 202 Å². The van der Waals surface area contributed by atoms with E-state index in [0.717, 1.165) is 67.8 Å². The number of anilines is 1. The number of pyridine rings is 1. The smallest absolute Gasteiger partial charge is 0.281 e. The van der Waals surface area contributed by atoms with E-state index in [1.54, 1.807) is 7.11 Å². The van der Waals surface area contributed by atoms with Gasteiger partial charge in [0.25, 0.3) is 5.91 Å². The van der Waals surface area contributed by atoms with Crippen LogP contribution in [0, 0.1) is 5.92 Å². The fourth-order valence-electron chi connectivity index (χ4n) is 4.96. The van der Waals surface area contributed by atoms with Gasteiger partial charge in [-0.05, 0) is 49.8 Å². The van der Waals surface area contributed by atoms with Crippen molar-refractivity contribution in [3.63, 3.8) is 0 Å². The molecule has 9 heteroatoms. The predicted octanol–water partition coefficient (Wildman–Crippen LogP) is 3.57. The lowest BCUT2D eigenvalue weighted by atomic mass is 9.82. The van der Waals surface area contributed by atoms with Crippen LogP contribution in [0.1, 0.15) is 54.2 Å². The number of nitrogens with zero attached hydrogens (tertiary/aromatic N) is 4. The number of nitrogens with one attached hydrogen (secondary N) is 1. The van der Waals surface area contributed by atoms with Crippen LogP contribution in [-0.4, -0.2) is 57.9 Å². The van der Waals surface area contributed by atoms with E-state index in [1.807, 2.05) is 41.1 Å². The van der Waals surface area contributed by atoms with E-state index in [4.69, 9.17) is 14.8 Å². The highest BCUT2D eigenvalue weighted by Crippen LogP contribution is 2.43. The lowest BCUT2D eigenvalue weighted by Crippen LogP contribution is -2.35. The Morgan fingerprint density at radius 1 is 1.18 bits per heavy atom. The van der Waals surface area contributed by atoms with Gasteiger partial charge in [0.15, 0.2) is 5.65 Å². The molecule has 3 aromatic rings. The molecule has 1 saturated carbocycles. The molecule has 2 fully saturated rings. The summed E-state index contributed by atoms with van der Waals surface area (Å²) in [5, 5.41) is 6.09. The molecule has 3 heterocycles. The zero-order valence-corrected chi connectivity index (χ0v) is 20.5. The first kappa shape index (κ1) is 23.0. The number of carbonyl (C=O) groups is 1. The number of carbonyl (C=O) groups excluding carboxylic acids is 1. The summed E-state index contributed by atoms with van der Waals surface area (Å²) in [5.74, 6) is 0.508. The second-order valence-electron chi connectivity index (χ2n) is 9.26. The molecule has 2 aromatic heterocycles. The molecule has 34 heavy (non-hydrogen) atoms. The minimum absolute atomic E-state index is 0.258. The van der Waals surface area contributed by atoms with Gasteiger partial charge >= 0.3 is 0 Å². The van der Waals surface area contributed by atoms with Crippen LogP contribution in [0.5, 0.6) is 0 Å². The van der Waals surface area contributed by atoms with Crippen molar-refractivity contribution in [1.82, 2.24) is 19.5 Å². The van der Waals surface area contributed by atoms with E-state index < -0.39 is 16.9 Å². The summed E-state index contributed by atoms with van der Waals surface area (Å²) in [7, 11) is 0.281. The lowest BCUT2D eigenvalue weighted by Gasteiger charge is -2.34. The monoisotopic (exact) mass is 481 g/mol. The van der Waals surface area contributed by atoms with Gasteiger partial charge in [0, 0.05) is 39.0 Å². The SMILES string of the molecule is COCC1CCN(c2cc(C(=O)NS(C)=O)nc3c2c(C2CCC2)nn3-c2ccccc2)CC1. The van der Waals surface area contributed by atoms with Crippen molar-refractivity contribution in [3.8, 4) is 5.69 Å². The number of rotatable bonds is 7. The number of aromatic nitrogens is 3. The van der Waals surface area contributed by atoms with E-state index in [0.29, 0.717) is 17.5 Å². The summed E-state index contributed by atoms with van der Waals surface area (Å²) < 4.78 is 21.5. The first-order valence-electron chi connectivity index (χ1n) is 11.9. The Morgan fingerprint density at radius 3 is 2.53 bits per heavy atom. The van der Waals surface area contributed by atoms with Gasteiger partial charge in [-0.15, -0.1) is 0 Å². The summed E-state index contributed by atoms with van der Waals surface area (Å²) in [6.07, 6.45) is 6.95. The number of hydrogen-bond acceptors (Lipinski definition) is 6. The van der Waals surface area contributed by atoms with Gasteiger partial charge in [0.05, 0.1) is 22.5 Å². The standard InChI is InChI=1S/C25H31N5O3S/c1-33-16-17-11-13-29(14-12-17)21-15-20(25(31)28-34(2)32)26-24-22(21)23(18-7-6-8-18)27-30(24)19-9-4-3-5-10-19/h3-5,9-10,15,17-18H,6-8,11-14,16H2,1-2H3,(H,28,31). The summed E-state index contributed by atoms with van der Waals surface area (Å²) in [4.78, 5) is 20.0. The average Bonchev–Trinajstić information content (AvgIpc) is 3.17. The van der Waals surface area contributed by atoms with Crippen LogP contribution in [0.3, 0.4) is 0 Å². The molecule has 1 atom stereocenters. The molecule has 2 aliphatic rings. The number of piperidine rings is 1. The molecule has 8 nitrogen and oxygen atoms in total. The summed E-state index contributed by atoms with van der Waals surface area (Å²) >= 11 is 0. The normalized spacial score (nSPS) is 18.1. The third-order valence-electron chi connectivity index (χ3n) is 6.96. The molecule has 1 saturated heterocycles. The fourth-order valence-corrected chi connectivity index (χ4v) is 5.33. The number of fused-ring (bicyclic) bond motifs is 1. The second-order valence-corrected chi connectivity index (χ2v) is 10.4. The van der Waals surface area contributed by atoms with Gasteiger partial charge < -0.3 is 9.64 Å². The van der Waals surface area contributed by atoms with E-state index in [2.05, 4.69) is 9.62 Å². The average molecular weight is 482 g/mol. The quantitative estimate of drug-likeness (QED) is 0.555. The van der Waals surface area contributed by atoms with Crippen molar-refractivity contribution < 1.29 is 13.7 Å². The van der Waals surface area contributed by atoms with Gasteiger partial charge in [-0.25, -0.2) is 13.9 Å². The maximum absolute atomic E-state index is 12.9. The number of benzene rings is 1. The van der Waals surface area contributed by atoms with E-state index in [1.165, 1.54) is 12.7 Å². The molecule has 1 aliphatic heterocycles. The van der Waals surface area contributed by atoms with Crippen LogP contribution in [0.15, 0.2) is 36.4 Å². The second kappa shape index (κ2) is 9.84. The Bertz CT molecular complexity index is 1200. The highest BCUT2D eigenvalue weighted by Gasteiger charge is 2.31. The van der Waals surface area contributed by atoms with E-state index >= 15 is 0 Å². The van der Waals surface area contributed by atoms with Crippen molar-refractivity contribution in [1.29, 1.82) is 0 Å². The van der Waals surface area contributed by atoms with Crippen molar-refractivity contribution >= 4 is 33.6 Å². The van der Waals surface area contributed by atoms with Crippen LogP contribution in [0.4, 0.5) is 5.69 Å². The summed E-state index contributed by atoms with van der Waals surface area (Å²) in [6.45, 7) is 2.54. The third kappa shape index (κ3) is 4.46. The predicted molar refractivity (Wildman–Crippen MR) is 134 cm³/mol. The molecule has 1 aliphatic carbocycles. The summed E-state index contributed by atoms with van der Waals surface area (Å²) in [5.41, 5.74) is 3.91. The maximum atomic E-state index is 12.9. The Balaban J connectivity index is 1.67. The Hall–Kier alpha value is -2.78. The zero-order chi connectivity index (χ0) is 23.7. The van der Waals surface area contributed by atoms with Gasteiger partial charge in [0.2, 0.25) is 0 Å². The van der Waals surface area contributed by atoms with Gasteiger partial charge in [-0.3, -0.25) is 9.52 Å². The molecule has 1 N–H and O–H groups in total. The Kier molecular flexibility index (Phi) is 6.65. The van der Waals surface area contributed by atoms with Crippen molar-refractivity contribution in [2.75, 3.05) is 38.0 Å². The van der Waals surface area contributed by atoms with Crippen LogP contribution in [0.25, 0.3) is 16.7 Å². The van der Waals surface area contributed by atoms with E-state index in [-0.39, 0.29) is 5.69 Å². The van der Waals surface area contributed by atoms with Gasteiger partial charge in [-0.2, -0.15) is 5.10 Å². The molecule has 1 aromatic carbocycles. The van der Waals surface area contributed by atoms with Crippen LogP contribution in [-0.2, 0) is 15.7 Å². The van der Waals surface area contributed by atoms with Gasteiger partial charge in [0.1, 0.15) is 16.7 Å². The highest BCUT2D eigenvalue weighted by molar-refractivity contribution is 7.82. The highest BCUT2D eigenvalue weighted by atomic mass is 32.2. The number of hydrogen-bond donors (Lipinski definition) is 1. The fraction of sp³-hybridized carbons (Fsp3) is 0.480. The first-order chi connectivity index (χ1) is 16.5. The number of amides is 1. The van der Waals surface area contributed by atoms with Crippen LogP contribution in [0.2, 0.25) is 0 Å². The molecule has 0 spiro atoms. The van der Waals surface area contributed by atoms with Crippen LogP contribution < -0.4 is 9.62 Å². The first-order valence-corrected chi connectivity index (χ1v) is 13.5. The molecule has 0 radical (unpaired) electrons. The van der Waals surface area contributed by atoms with E-state index in [9.17, 15) is 9.00 Å². The number of para-hydroxylation sites is 1. The molecule has 180 valence electrons. The number of methoxy groups -OCH3 is 1.